The summed E-state index contributed by atoms with van der Waals surface area (Å²) in [7, 11) is 0. The fourth-order valence-electron chi connectivity index (χ4n) is 4.91. The molecule has 2 aliphatic heterocycles. The Balaban J connectivity index is 0.00000226. The van der Waals surface area contributed by atoms with Crippen molar-refractivity contribution in [1.82, 2.24) is 19.7 Å². The molecule has 1 aromatic carbocycles. The lowest BCUT2D eigenvalue weighted by atomic mass is 10.1. The summed E-state index contributed by atoms with van der Waals surface area (Å²) in [6.45, 7) is 15.6. The minimum Gasteiger partial charge on any atom is -0.368 e. The third-order valence-corrected chi connectivity index (χ3v) is 7.04. The van der Waals surface area contributed by atoms with E-state index >= 15 is 0 Å². The van der Waals surface area contributed by atoms with Gasteiger partial charge in [-0.05, 0) is 30.4 Å². The summed E-state index contributed by atoms with van der Waals surface area (Å²) < 4.78 is 29.5. The highest BCUT2D eigenvalue weighted by Crippen LogP contribution is 2.23. The van der Waals surface area contributed by atoms with Crippen LogP contribution in [0.1, 0.15) is 35.3 Å². The number of pyridine rings is 1. The van der Waals surface area contributed by atoms with Crippen molar-refractivity contribution in [3.63, 3.8) is 0 Å². The zero-order chi connectivity index (χ0) is 29.9. The average molecular weight is 560 g/mol. The Morgan fingerprint density at radius 1 is 0.976 bits per heavy atom. The van der Waals surface area contributed by atoms with Crippen LogP contribution in [0, 0.1) is 34.3 Å². The molecule has 3 heterocycles. The van der Waals surface area contributed by atoms with Crippen LogP contribution in [-0.2, 0) is 6.54 Å². The maximum atomic E-state index is 14.8. The first-order valence-electron chi connectivity index (χ1n) is 13.6. The Labute approximate surface area is 240 Å². The summed E-state index contributed by atoms with van der Waals surface area (Å²) in [4.78, 5) is 25.0. The number of amides is 1. The van der Waals surface area contributed by atoms with Crippen molar-refractivity contribution in [2.75, 3.05) is 57.3 Å². The Morgan fingerprint density at radius 3 is 2.22 bits per heavy atom. The highest BCUT2D eigenvalue weighted by molar-refractivity contribution is 5.95. The maximum Gasteiger partial charge on any atom is 0.256 e. The number of halogens is 2. The number of hydrogen-bond donors (Lipinski definition) is 0. The summed E-state index contributed by atoms with van der Waals surface area (Å²) in [5.41, 5.74) is 1.70. The molecule has 8 nitrogen and oxygen atoms in total. The zero-order valence-corrected chi connectivity index (χ0v) is 23.6. The fourth-order valence-corrected chi connectivity index (χ4v) is 4.91. The van der Waals surface area contributed by atoms with Crippen molar-refractivity contribution >= 4 is 11.7 Å². The standard InChI is InChI=1S/C29H29F2N7O.C2H6/c1-3-21(18-32)27(4-2)36-10-8-35(9-11-36)20-23-16-24(26(31)17-25(23)30)29(39)38-14-12-37(13-15-38)28-22(19-33)6-5-7-34-28;1-2/h3-7,16-17H,1-2,8-15,20H2;1-2H3/b27-21-;. The predicted molar refractivity (Wildman–Crippen MR) is 155 cm³/mol. The molecule has 2 saturated heterocycles. The van der Waals surface area contributed by atoms with Crippen LogP contribution in [0.3, 0.4) is 0 Å². The van der Waals surface area contributed by atoms with Gasteiger partial charge in [0.05, 0.1) is 22.4 Å². The van der Waals surface area contributed by atoms with Crippen molar-refractivity contribution in [3.8, 4) is 12.1 Å². The average Bonchev–Trinajstić information content (AvgIpc) is 3.02. The molecule has 1 aromatic heterocycles. The number of anilines is 1. The number of benzene rings is 1. The lowest BCUT2D eigenvalue weighted by molar-refractivity contribution is 0.0741. The summed E-state index contributed by atoms with van der Waals surface area (Å²) >= 11 is 0. The first kappa shape index (κ1) is 31.0. The molecule has 10 heteroatoms. The van der Waals surface area contributed by atoms with E-state index in [0.29, 0.717) is 75.0 Å². The molecule has 0 unspecified atom stereocenters. The van der Waals surface area contributed by atoms with Crippen LogP contribution in [0.2, 0.25) is 0 Å². The van der Waals surface area contributed by atoms with Crippen LogP contribution in [0.5, 0.6) is 0 Å². The highest BCUT2D eigenvalue weighted by Gasteiger charge is 2.27. The van der Waals surface area contributed by atoms with Crippen LogP contribution in [0.4, 0.5) is 14.6 Å². The molecule has 0 spiro atoms. The van der Waals surface area contributed by atoms with Crippen molar-refractivity contribution in [2.45, 2.75) is 20.4 Å². The van der Waals surface area contributed by atoms with Gasteiger partial charge in [-0.3, -0.25) is 9.69 Å². The number of piperazine rings is 2. The molecule has 0 radical (unpaired) electrons. The number of rotatable bonds is 7. The van der Waals surface area contributed by atoms with E-state index in [2.05, 4.69) is 30.3 Å². The summed E-state index contributed by atoms with van der Waals surface area (Å²) in [5.74, 6) is -1.51. The lowest BCUT2D eigenvalue weighted by Gasteiger charge is -2.37. The molecule has 0 bridgehead atoms. The lowest BCUT2D eigenvalue weighted by Crippen LogP contribution is -2.49. The number of carbonyl (C=O) groups excluding carboxylic acids is 1. The van der Waals surface area contributed by atoms with Gasteiger partial charge >= 0.3 is 0 Å². The van der Waals surface area contributed by atoms with Gasteiger partial charge in [-0.2, -0.15) is 10.5 Å². The van der Waals surface area contributed by atoms with Crippen molar-refractivity contribution in [1.29, 1.82) is 10.5 Å². The summed E-state index contributed by atoms with van der Waals surface area (Å²) in [5, 5.41) is 18.7. The van der Waals surface area contributed by atoms with E-state index < -0.39 is 17.5 Å². The number of carbonyl (C=O) groups is 1. The molecular weight excluding hydrogens is 524 g/mol. The number of aromatic nitrogens is 1. The third kappa shape index (κ3) is 7.16. The quantitative estimate of drug-likeness (QED) is 0.365. The Morgan fingerprint density at radius 2 is 1.63 bits per heavy atom. The van der Waals surface area contributed by atoms with E-state index in [1.165, 1.54) is 12.1 Å². The summed E-state index contributed by atoms with van der Waals surface area (Å²) in [6.07, 6.45) is 4.74. The molecule has 2 fully saturated rings. The van der Waals surface area contributed by atoms with Gasteiger partial charge in [-0.15, -0.1) is 0 Å². The number of nitrogens with zero attached hydrogens (tertiary/aromatic N) is 7. The molecule has 2 aliphatic rings. The fraction of sp³-hybridized carbons (Fsp3) is 0.355. The van der Waals surface area contributed by atoms with Gasteiger partial charge < -0.3 is 14.7 Å². The molecule has 0 N–H and O–H groups in total. The van der Waals surface area contributed by atoms with Crippen LogP contribution < -0.4 is 4.90 Å². The number of nitriles is 2. The zero-order valence-electron chi connectivity index (χ0n) is 23.6. The van der Waals surface area contributed by atoms with Crippen molar-refractivity contribution in [2.24, 2.45) is 0 Å². The van der Waals surface area contributed by atoms with Crippen LogP contribution in [-0.4, -0.2) is 77.9 Å². The Hall–Kier alpha value is -4.54. The minimum atomic E-state index is -0.890. The highest BCUT2D eigenvalue weighted by atomic mass is 19.1. The van der Waals surface area contributed by atoms with Crippen molar-refractivity contribution < 1.29 is 13.6 Å². The second-order valence-corrected chi connectivity index (χ2v) is 9.27. The first-order valence-corrected chi connectivity index (χ1v) is 13.6. The van der Waals surface area contributed by atoms with E-state index in [0.717, 1.165) is 6.07 Å². The molecule has 0 atom stereocenters. The van der Waals surface area contributed by atoms with Gasteiger partial charge in [-0.25, -0.2) is 13.8 Å². The molecular formula is C31H35F2N7O. The minimum absolute atomic E-state index is 0.157. The molecule has 214 valence electrons. The monoisotopic (exact) mass is 559 g/mol. The second kappa shape index (κ2) is 14.7. The largest absolute Gasteiger partial charge is 0.368 e. The number of hydrogen-bond acceptors (Lipinski definition) is 7. The van der Waals surface area contributed by atoms with Crippen LogP contribution in [0.15, 0.2) is 67.0 Å². The van der Waals surface area contributed by atoms with E-state index in [9.17, 15) is 24.1 Å². The molecule has 2 aromatic rings. The van der Waals surface area contributed by atoms with Gasteiger partial charge in [0.25, 0.3) is 5.91 Å². The van der Waals surface area contributed by atoms with Gasteiger partial charge in [-0.1, -0.05) is 27.0 Å². The topological polar surface area (TPSA) is 90.5 Å². The number of allylic oxidation sites excluding steroid dienone is 3. The Bertz CT molecular complexity index is 1380. The van der Waals surface area contributed by atoms with E-state index in [1.54, 1.807) is 29.3 Å². The Kier molecular flexibility index (Phi) is 11.1. The molecule has 0 saturated carbocycles. The predicted octanol–water partition coefficient (Wildman–Crippen LogP) is 4.49. The molecule has 1 amide bonds. The maximum absolute atomic E-state index is 14.8. The second-order valence-electron chi connectivity index (χ2n) is 9.27. The van der Waals surface area contributed by atoms with Gasteiger partial charge in [0.15, 0.2) is 0 Å². The third-order valence-electron chi connectivity index (χ3n) is 7.04. The van der Waals surface area contributed by atoms with E-state index in [-0.39, 0.29) is 17.7 Å². The molecule has 41 heavy (non-hydrogen) atoms. The van der Waals surface area contributed by atoms with Gasteiger partial charge in [0, 0.05) is 76.7 Å². The molecule has 0 aliphatic carbocycles. The van der Waals surface area contributed by atoms with Gasteiger partial charge in [0.1, 0.15) is 29.6 Å². The first-order chi connectivity index (χ1) is 19.9. The van der Waals surface area contributed by atoms with E-state index in [4.69, 9.17) is 0 Å². The summed E-state index contributed by atoms with van der Waals surface area (Å²) in [6, 6.07) is 9.73. The van der Waals surface area contributed by atoms with Crippen LogP contribution >= 0.6 is 0 Å². The molecule has 4 rings (SSSR count). The smallest absolute Gasteiger partial charge is 0.256 e. The normalized spacial score (nSPS) is 16.0. The SMILES string of the molecule is C=C/C(C#N)=C(\C=C)N1CCN(Cc2cc(C(=O)N3CCN(c4ncccc4C#N)CC3)c(F)cc2F)CC1.CC. The van der Waals surface area contributed by atoms with Crippen LogP contribution in [0.25, 0.3) is 0 Å². The van der Waals surface area contributed by atoms with Crippen molar-refractivity contribution in [3.05, 3.63) is 95.4 Å². The van der Waals surface area contributed by atoms with Gasteiger partial charge in [0.2, 0.25) is 0 Å². The van der Waals surface area contributed by atoms with E-state index in [1.807, 2.05) is 28.5 Å².